The smallest absolute Gasteiger partial charge is 0.310 e. The Bertz CT molecular complexity index is 479. The molecule has 0 aliphatic rings. The number of nitrogens with zero attached hydrogens (tertiary/aromatic N) is 1. The minimum Gasteiger partial charge on any atom is -0.469 e. The molecule has 2 heterocycles. The summed E-state index contributed by atoms with van der Waals surface area (Å²) in [5, 5.41) is 9.80. The molecule has 2 rings (SSSR count). The van der Waals surface area contributed by atoms with Gasteiger partial charge in [0.05, 0.1) is 25.4 Å². The van der Waals surface area contributed by atoms with Gasteiger partial charge in [-0.2, -0.15) is 5.10 Å². The number of aromatic amines is 1. The van der Waals surface area contributed by atoms with Crippen molar-refractivity contribution in [1.82, 2.24) is 10.2 Å². The normalized spacial score (nSPS) is 10.2. The molecule has 90 valence electrons. The number of nitrogens with one attached hydrogen (secondary N) is 2. The molecule has 17 heavy (non-hydrogen) atoms. The Hall–Kier alpha value is -1.82. The first-order valence-electron chi connectivity index (χ1n) is 5.15. The summed E-state index contributed by atoms with van der Waals surface area (Å²) in [6.07, 6.45) is 3.86. The molecule has 2 aromatic rings. The summed E-state index contributed by atoms with van der Waals surface area (Å²) < 4.78 is 4.62. The van der Waals surface area contributed by atoms with Crippen LogP contribution in [-0.4, -0.2) is 23.3 Å². The average molecular weight is 251 g/mol. The lowest BCUT2D eigenvalue weighted by molar-refractivity contribution is -0.139. The van der Waals surface area contributed by atoms with Crippen LogP contribution in [0.25, 0.3) is 0 Å². The van der Waals surface area contributed by atoms with Gasteiger partial charge in [-0.15, -0.1) is 11.3 Å². The molecule has 0 spiro atoms. The van der Waals surface area contributed by atoms with Gasteiger partial charge in [0.15, 0.2) is 0 Å². The lowest BCUT2D eigenvalue weighted by Gasteiger charge is -1.99. The van der Waals surface area contributed by atoms with Crippen LogP contribution in [0.1, 0.15) is 9.75 Å². The van der Waals surface area contributed by atoms with E-state index in [0.29, 0.717) is 6.42 Å². The lowest BCUT2D eigenvalue weighted by Crippen LogP contribution is -2.02. The highest BCUT2D eigenvalue weighted by Crippen LogP contribution is 2.18. The van der Waals surface area contributed by atoms with Gasteiger partial charge in [-0.05, 0) is 12.1 Å². The van der Waals surface area contributed by atoms with E-state index in [-0.39, 0.29) is 5.97 Å². The molecule has 0 unspecified atom stereocenters. The second-order valence-electron chi connectivity index (χ2n) is 3.46. The van der Waals surface area contributed by atoms with Crippen molar-refractivity contribution < 1.29 is 9.53 Å². The number of rotatable bonds is 5. The number of H-pyrrole nitrogens is 1. The molecular weight excluding hydrogens is 238 g/mol. The van der Waals surface area contributed by atoms with E-state index in [1.165, 1.54) is 12.0 Å². The topological polar surface area (TPSA) is 67.0 Å². The first kappa shape index (κ1) is 11.7. The molecule has 0 aromatic carbocycles. The highest BCUT2D eigenvalue weighted by atomic mass is 32.1. The number of methoxy groups -OCH3 is 1. The third-order valence-corrected chi connectivity index (χ3v) is 3.31. The van der Waals surface area contributed by atoms with Crippen molar-refractivity contribution in [3.63, 3.8) is 0 Å². The molecule has 0 aliphatic carbocycles. The molecule has 0 bridgehead atoms. The predicted octanol–water partition coefficient (Wildman–Crippen LogP) is 1.80. The Morgan fingerprint density at radius 2 is 2.35 bits per heavy atom. The molecule has 0 saturated heterocycles. The van der Waals surface area contributed by atoms with Crippen LogP contribution in [-0.2, 0) is 22.5 Å². The number of aromatic nitrogens is 2. The van der Waals surface area contributed by atoms with Gasteiger partial charge >= 0.3 is 5.97 Å². The van der Waals surface area contributed by atoms with Crippen molar-refractivity contribution in [2.75, 3.05) is 12.4 Å². The summed E-state index contributed by atoms with van der Waals surface area (Å²) >= 11 is 1.60. The second kappa shape index (κ2) is 5.49. The van der Waals surface area contributed by atoms with Gasteiger partial charge in [0.1, 0.15) is 0 Å². The molecule has 0 radical (unpaired) electrons. The van der Waals surface area contributed by atoms with Gasteiger partial charge in [-0.3, -0.25) is 9.89 Å². The zero-order valence-corrected chi connectivity index (χ0v) is 10.2. The highest BCUT2D eigenvalue weighted by Gasteiger charge is 2.06. The maximum Gasteiger partial charge on any atom is 0.310 e. The quantitative estimate of drug-likeness (QED) is 0.795. The Balaban J connectivity index is 1.88. The molecule has 2 N–H and O–H groups in total. The van der Waals surface area contributed by atoms with Crippen molar-refractivity contribution in [1.29, 1.82) is 0 Å². The zero-order valence-electron chi connectivity index (χ0n) is 9.40. The minimum atomic E-state index is -0.207. The fourth-order valence-corrected chi connectivity index (χ4v) is 2.31. The van der Waals surface area contributed by atoms with E-state index in [1.54, 1.807) is 23.7 Å². The summed E-state index contributed by atoms with van der Waals surface area (Å²) in [5.41, 5.74) is 0.952. The standard InChI is InChI=1S/C11H13N3O2S/c1-16-11(15)4-9-2-3-10(17-9)7-12-8-5-13-14-6-8/h2-3,5-6,12H,4,7H2,1H3,(H,13,14). The van der Waals surface area contributed by atoms with Crippen LogP contribution in [0, 0.1) is 0 Å². The van der Waals surface area contributed by atoms with Gasteiger partial charge in [-0.25, -0.2) is 0 Å². The number of anilines is 1. The fraction of sp³-hybridized carbons (Fsp3) is 0.273. The van der Waals surface area contributed by atoms with Crippen LogP contribution in [0.5, 0.6) is 0 Å². The number of thiophene rings is 1. The first-order chi connectivity index (χ1) is 8.28. The number of carbonyl (C=O) groups excluding carboxylic acids is 1. The van der Waals surface area contributed by atoms with Gasteiger partial charge in [-0.1, -0.05) is 0 Å². The van der Waals surface area contributed by atoms with E-state index < -0.39 is 0 Å². The molecule has 0 saturated carbocycles. The van der Waals surface area contributed by atoms with Crippen molar-refractivity contribution in [2.45, 2.75) is 13.0 Å². The number of ether oxygens (including phenoxy) is 1. The summed E-state index contributed by atoms with van der Waals surface area (Å²) in [7, 11) is 1.40. The third-order valence-electron chi connectivity index (χ3n) is 2.23. The van der Waals surface area contributed by atoms with Crippen LogP contribution in [0.3, 0.4) is 0 Å². The van der Waals surface area contributed by atoms with E-state index in [4.69, 9.17) is 0 Å². The van der Waals surface area contributed by atoms with E-state index in [9.17, 15) is 4.79 Å². The van der Waals surface area contributed by atoms with Gasteiger partial charge in [0, 0.05) is 22.5 Å². The van der Waals surface area contributed by atoms with Crippen molar-refractivity contribution in [3.05, 3.63) is 34.3 Å². The molecular formula is C11H13N3O2S. The monoisotopic (exact) mass is 251 g/mol. The van der Waals surface area contributed by atoms with E-state index >= 15 is 0 Å². The van der Waals surface area contributed by atoms with E-state index in [0.717, 1.165) is 17.1 Å². The first-order valence-corrected chi connectivity index (χ1v) is 5.96. The molecule has 2 aromatic heterocycles. The highest BCUT2D eigenvalue weighted by molar-refractivity contribution is 7.12. The molecule has 6 heteroatoms. The Morgan fingerprint density at radius 3 is 3.06 bits per heavy atom. The third kappa shape index (κ3) is 3.32. The van der Waals surface area contributed by atoms with Crippen LogP contribution < -0.4 is 5.32 Å². The molecule has 5 nitrogen and oxygen atoms in total. The summed E-state index contributed by atoms with van der Waals surface area (Å²) in [5.74, 6) is -0.207. The van der Waals surface area contributed by atoms with Gasteiger partial charge < -0.3 is 10.1 Å². The van der Waals surface area contributed by atoms with Crippen LogP contribution in [0.2, 0.25) is 0 Å². The number of hydrogen-bond acceptors (Lipinski definition) is 5. The number of esters is 1. The largest absolute Gasteiger partial charge is 0.469 e. The van der Waals surface area contributed by atoms with Crippen molar-refractivity contribution in [2.24, 2.45) is 0 Å². The van der Waals surface area contributed by atoms with Gasteiger partial charge in [0.2, 0.25) is 0 Å². The summed E-state index contributed by atoms with van der Waals surface area (Å²) in [6, 6.07) is 3.96. The Labute approximate surface area is 103 Å². The predicted molar refractivity (Wildman–Crippen MR) is 66.0 cm³/mol. The second-order valence-corrected chi connectivity index (χ2v) is 4.71. The van der Waals surface area contributed by atoms with E-state index in [2.05, 4.69) is 20.3 Å². The van der Waals surface area contributed by atoms with Crippen LogP contribution in [0.4, 0.5) is 5.69 Å². The summed E-state index contributed by atoms with van der Waals surface area (Å²) in [4.78, 5) is 13.3. The number of hydrogen-bond donors (Lipinski definition) is 2. The average Bonchev–Trinajstić information content (AvgIpc) is 2.97. The Morgan fingerprint density at radius 1 is 1.53 bits per heavy atom. The molecule has 0 aliphatic heterocycles. The fourth-order valence-electron chi connectivity index (χ4n) is 1.36. The number of carbonyl (C=O) groups is 1. The van der Waals surface area contributed by atoms with Crippen molar-refractivity contribution >= 4 is 23.0 Å². The summed E-state index contributed by atoms with van der Waals surface area (Å²) in [6.45, 7) is 0.728. The van der Waals surface area contributed by atoms with Gasteiger partial charge in [0.25, 0.3) is 0 Å². The van der Waals surface area contributed by atoms with E-state index in [1.807, 2.05) is 12.1 Å². The van der Waals surface area contributed by atoms with Crippen LogP contribution in [0.15, 0.2) is 24.5 Å². The molecule has 0 amide bonds. The minimum absolute atomic E-state index is 0.207. The molecule has 0 fully saturated rings. The molecule has 0 atom stereocenters. The lowest BCUT2D eigenvalue weighted by atomic mass is 10.3. The van der Waals surface area contributed by atoms with Crippen LogP contribution >= 0.6 is 11.3 Å². The Kier molecular flexibility index (Phi) is 3.77. The SMILES string of the molecule is COC(=O)Cc1ccc(CNc2cn[nH]c2)s1. The van der Waals surface area contributed by atoms with Crippen molar-refractivity contribution in [3.8, 4) is 0 Å². The maximum absolute atomic E-state index is 11.1. The zero-order chi connectivity index (χ0) is 12.1. The maximum atomic E-state index is 11.1.